The van der Waals surface area contributed by atoms with Crippen molar-refractivity contribution in [2.45, 2.75) is 50.8 Å². The van der Waals surface area contributed by atoms with E-state index in [1.54, 1.807) is 0 Å². The van der Waals surface area contributed by atoms with Crippen LogP contribution in [-0.4, -0.2) is 5.38 Å². The highest BCUT2D eigenvalue weighted by Crippen LogP contribution is 2.37. The zero-order valence-corrected chi connectivity index (χ0v) is 10.9. The van der Waals surface area contributed by atoms with Crippen LogP contribution >= 0.6 is 22.9 Å². The van der Waals surface area contributed by atoms with Crippen LogP contribution in [0.4, 0.5) is 0 Å². The molecule has 84 valence electrons. The topological polar surface area (TPSA) is 0 Å². The van der Waals surface area contributed by atoms with E-state index in [0.29, 0.717) is 5.38 Å². The predicted molar refractivity (Wildman–Crippen MR) is 69.0 cm³/mol. The van der Waals surface area contributed by atoms with Crippen LogP contribution in [0.2, 0.25) is 0 Å². The van der Waals surface area contributed by atoms with E-state index in [4.69, 9.17) is 11.6 Å². The smallest absolute Gasteiger partial charge is 0.0364 e. The summed E-state index contributed by atoms with van der Waals surface area (Å²) in [5.74, 6) is 0.848. The van der Waals surface area contributed by atoms with Crippen molar-refractivity contribution in [3.8, 4) is 0 Å². The van der Waals surface area contributed by atoms with Crippen LogP contribution in [0.5, 0.6) is 0 Å². The molecule has 1 aliphatic rings. The first-order valence-electron chi connectivity index (χ1n) is 6.01. The number of rotatable bonds is 6. The maximum Gasteiger partial charge on any atom is 0.0364 e. The lowest BCUT2D eigenvalue weighted by Gasteiger charge is -2.05. The van der Waals surface area contributed by atoms with Crippen molar-refractivity contribution in [2.75, 3.05) is 0 Å². The number of thiophene rings is 1. The Morgan fingerprint density at radius 2 is 2.13 bits per heavy atom. The Balaban J connectivity index is 1.68. The summed E-state index contributed by atoms with van der Waals surface area (Å²) in [7, 11) is 0. The van der Waals surface area contributed by atoms with Gasteiger partial charge in [0, 0.05) is 15.1 Å². The van der Waals surface area contributed by atoms with Gasteiger partial charge in [-0.05, 0) is 56.6 Å². The lowest BCUT2D eigenvalue weighted by atomic mass is 10.1. The first-order chi connectivity index (χ1) is 7.29. The van der Waals surface area contributed by atoms with E-state index in [1.807, 2.05) is 11.3 Å². The summed E-state index contributed by atoms with van der Waals surface area (Å²) in [4.78, 5) is 3.04. The van der Waals surface area contributed by atoms with Crippen molar-refractivity contribution in [1.82, 2.24) is 0 Å². The van der Waals surface area contributed by atoms with Crippen LogP contribution in [0.25, 0.3) is 0 Å². The molecule has 0 N–H and O–H groups in total. The number of aryl methyl sites for hydroxylation is 2. The molecule has 2 rings (SSSR count). The van der Waals surface area contributed by atoms with Crippen molar-refractivity contribution in [3.05, 3.63) is 21.9 Å². The van der Waals surface area contributed by atoms with Crippen LogP contribution in [0.1, 0.15) is 42.4 Å². The Morgan fingerprint density at radius 3 is 2.73 bits per heavy atom. The lowest BCUT2D eigenvalue weighted by Crippen LogP contribution is -2.01. The highest BCUT2D eigenvalue weighted by Gasteiger charge is 2.28. The zero-order valence-electron chi connectivity index (χ0n) is 9.34. The summed E-state index contributed by atoms with van der Waals surface area (Å²) in [6.45, 7) is 2.22. The molecule has 0 bridgehead atoms. The van der Waals surface area contributed by atoms with Gasteiger partial charge >= 0.3 is 0 Å². The minimum Gasteiger partial charge on any atom is -0.145 e. The summed E-state index contributed by atoms with van der Waals surface area (Å²) in [5, 5.41) is 0.454. The van der Waals surface area contributed by atoms with Gasteiger partial charge in [0.1, 0.15) is 0 Å². The van der Waals surface area contributed by atoms with Crippen molar-refractivity contribution in [2.24, 2.45) is 5.92 Å². The number of hydrogen-bond acceptors (Lipinski definition) is 1. The Hall–Kier alpha value is -0.0100. The molecule has 0 radical (unpaired) electrons. The quantitative estimate of drug-likeness (QED) is 0.637. The lowest BCUT2D eigenvalue weighted by molar-refractivity contribution is 0.640. The largest absolute Gasteiger partial charge is 0.145 e. The first kappa shape index (κ1) is 11.5. The predicted octanol–water partition coefficient (Wildman–Crippen LogP) is 4.65. The maximum absolute atomic E-state index is 6.28. The average molecular weight is 243 g/mol. The summed E-state index contributed by atoms with van der Waals surface area (Å²) < 4.78 is 0. The molecule has 1 fully saturated rings. The fourth-order valence-electron chi connectivity index (χ4n) is 1.91. The molecule has 0 amide bonds. The van der Waals surface area contributed by atoms with Gasteiger partial charge in [-0.25, -0.2) is 0 Å². The molecule has 1 atom stereocenters. The van der Waals surface area contributed by atoms with Gasteiger partial charge in [0.25, 0.3) is 0 Å². The molecule has 1 unspecified atom stereocenters. The van der Waals surface area contributed by atoms with Gasteiger partial charge in [0.05, 0.1) is 0 Å². The standard InChI is InChI=1S/C13H19ClS/c1-2-11-8-9-12(15-11)4-3-5-13(14)10-6-7-10/h8-10,13H,2-7H2,1H3. The molecule has 1 saturated carbocycles. The van der Waals surface area contributed by atoms with Gasteiger partial charge in [-0.1, -0.05) is 6.92 Å². The molecule has 0 spiro atoms. The zero-order chi connectivity index (χ0) is 10.7. The third kappa shape index (κ3) is 3.49. The minimum absolute atomic E-state index is 0.454. The van der Waals surface area contributed by atoms with E-state index in [-0.39, 0.29) is 0 Å². The Kier molecular flexibility index (Phi) is 4.10. The van der Waals surface area contributed by atoms with Crippen molar-refractivity contribution < 1.29 is 0 Å². The monoisotopic (exact) mass is 242 g/mol. The number of halogens is 1. The summed E-state index contributed by atoms with van der Waals surface area (Å²) >= 11 is 8.25. The van der Waals surface area contributed by atoms with E-state index in [9.17, 15) is 0 Å². The van der Waals surface area contributed by atoms with Gasteiger partial charge in [-0.2, -0.15) is 0 Å². The molecule has 0 nitrogen and oxygen atoms in total. The average Bonchev–Trinajstić information content (AvgIpc) is 2.99. The van der Waals surface area contributed by atoms with Crippen LogP contribution in [-0.2, 0) is 12.8 Å². The molecule has 1 heterocycles. The highest BCUT2D eigenvalue weighted by molar-refractivity contribution is 7.11. The molecule has 1 aromatic heterocycles. The molecule has 0 saturated heterocycles. The van der Waals surface area contributed by atoms with E-state index >= 15 is 0 Å². The number of hydrogen-bond donors (Lipinski definition) is 0. The fraction of sp³-hybridized carbons (Fsp3) is 0.692. The third-order valence-corrected chi connectivity index (χ3v) is 4.97. The van der Waals surface area contributed by atoms with Gasteiger partial charge in [-0.15, -0.1) is 22.9 Å². The van der Waals surface area contributed by atoms with Gasteiger partial charge in [-0.3, -0.25) is 0 Å². The van der Waals surface area contributed by atoms with Crippen molar-refractivity contribution in [3.63, 3.8) is 0 Å². The summed E-state index contributed by atoms with van der Waals surface area (Å²) in [6.07, 6.45) is 7.59. The Labute approximate surface area is 102 Å². The van der Waals surface area contributed by atoms with Gasteiger partial charge in [0.15, 0.2) is 0 Å². The fourth-order valence-corrected chi connectivity index (χ4v) is 3.32. The highest BCUT2D eigenvalue weighted by atomic mass is 35.5. The first-order valence-corrected chi connectivity index (χ1v) is 7.26. The van der Waals surface area contributed by atoms with Crippen molar-refractivity contribution in [1.29, 1.82) is 0 Å². The van der Waals surface area contributed by atoms with Crippen LogP contribution in [0.15, 0.2) is 12.1 Å². The second-order valence-electron chi connectivity index (χ2n) is 4.47. The summed E-state index contributed by atoms with van der Waals surface area (Å²) in [6, 6.07) is 4.54. The van der Waals surface area contributed by atoms with Crippen molar-refractivity contribution >= 4 is 22.9 Å². The molecule has 1 aliphatic carbocycles. The van der Waals surface area contributed by atoms with E-state index in [0.717, 1.165) is 5.92 Å². The molecule has 15 heavy (non-hydrogen) atoms. The van der Waals surface area contributed by atoms with Crippen LogP contribution in [0.3, 0.4) is 0 Å². The van der Waals surface area contributed by atoms with Gasteiger partial charge < -0.3 is 0 Å². The van der Waals surface area contributed by atoms with Crippen LogP contribution in [0, 0.1) is 5.92 Å². The van der Waals surface area contributed by atoms with E-state index in [1.165, 1.54) is 48.3 Å². The SMILES string of the molecule is CCc1ccc(CCCC(Cl)C2CC2)s1. The Morgan fingerprint density at radius 1 is 1.40 bits per heavy atom. The van der Waals surface area contributed by atoms with Gasteiger partial charge in [0.2, 0.25) is 0 Å². The van der Waals surface area contributed by atoms with E-state index < -0.39 is 0 Å². The molecule has 0 aromatic carbocycles. The second-order valence-corrected chi connectivity index (χ2v) is 6.28. The molecule has 2 heteroatoms. The third-order valence-electron chi connectivity index (χ3n) is 3.10. The molecular weight excluding hydrogens is 224 g/mol. The normalized spacial score (nSPS) is 18.0. The Bertz CT molecular complexity index is 301. The van der Waals surface area contributed by atoms with Crippen LogP contribution < -0.4 is 0 Å². The molecular formula is C13H19ClS. The summed E-state index contributed by atoms with van der Waals surface area (Å²) in [5.41, 5.74) is 0. The minimum atomic E-state index is 0.454. The van der Waals surface area contributed by atoms with E-state index in [2.05, 4.69) is 19.1 Å². The second kappa shape index (κ2) is 5.36. The maximum atomic E-state index is 6.28. The molecule has 0 aliphatic heterocycles. The number of alkyl halides is 1. The molecule has 1 aromatic rings.